The standard InChI is InChI=1S/C22H27NO2.C21H24N2O4.C19H16ClFN2O2.C19H22N2O4S.C17H16N2O3/c1-14-6-5-7-15(12-14)19-21-20(24-10-11-25-21)17-13-16(22(2,3)4)8-9-18(17)23-19;1-21(2,3)14-7-8-17-16(12-14)19-20(27-10-9-26-19)18(22-17)13-5-4-6-15(11-13)23(24)25;20-13-2-1-3-14(21)16(13)17-19-18(24-8-9-25-19)12-10-11(6-7-22)4-5-15(12)23-17;1-19(2,3)12-4-5-14-13(9-12)17-18(25-7-6-24-17)16(20-14)11-8-15(21(22)23)26-10-11;18-6-5-11-3-4-13-12(10-11)16-17(22-9-8-21-16)15(19-13)14-2-1-7-20-14/h5-9,12-13,19-21,23H,10-11H2,1-4H3;4-8,11-12,18-20,22H,9-10H2,1-3H3;1-5,10,17-19,23H,6,8-9H2;4-5,8-10,16-18,20H,6-7H2,1-3H3;1-4,7,10,15-17,19H,5,8-9H2. The van der Waals surface area contributed by atoms with Gasteiger partial charge in [0.1, 0.15) is 78.7 Å². The highest BCUT2D eigenvalue weighted by Crippen LogP contribution is 2.53. The third-order valence-electron chi connectivity index (χ3n) is 24.4. The molecule has 0 saturated carbocycles. The SMILES string of the molecule is CC(C)(C)c1ccc2c(c1)C1OCCOC1C(c1cccc([N+](=O)[O-])c1)N2.CC(C)(C)c1ccc2c(c1)C1OCCOC1C(c1csc([N+](=O)[O-])c1)N2.Cc1cccc(C2Nc3ccc(C(C)(C)C)cc3C3OCCOC23)c1.N#CCc1ccc2c(c1)C1OCCOC1C(c1c(F)cccc1Cl)N2.N#CCc1ccc2c(c1)C1OCCOC1C(c1ccco1)N2. The molecule has 0 radical (unpaired) electrons. The lowest BCUT2D eigenvalue weighted by Crippen LogP contribution is -2.43. The van der Waals surface area contributed by atoms with Crippen molar-refractivity contribution in [2.75, 3.05) is 92.7 Å². The topological polar surface area (TPSA) is 299 Å². The molecule has 10 aliphatic heterocycles. The minimum atomic E-state index is -0.451. The van der Waals surface area contributed by atoms with E-state index < -0.39 is 12.1 Å². The average molecular weight is 1740 g/mol. The van der Waals surface area contributed by atoms with Crippen LogP contribution in [0.3, 0.4) is 0 Å². The van der Waals surface area contributed by atoms with Gasteiger partial charge in [-0.1, -0.05) is 182 Å². The Kier molecular flexibility index (Phi) is 26.3. The van der Waals surface area contributed by atoms with E-state index in [1.165, 1.54) is 45.5 Å². The highest BCUT2D eigenvalue weighted by Gasteiger charge is 2.48. The molecule has 20 rings (SSSR count). The predicted molar refractivity (Wildman–Crippen MR) is 476 cm³/mol. The van der Waals surface area contributed by atoms with Gasteiger partial charge in [0.25, 0.3) is 5.69 Å². The molecule has 5 N–H and O–H groups in total. The van der Waals surface area contributed by atoms with E-state index in [9.17, 15) is 24.6 Å². The molecule has 5 saturated heterocycles. The fourth-order valence-corrected chi connectivity index (χ4v) is 19.1. The maximum absolute atomic E-state index is 14.5. The van der Waals surface area contributed by atoms with Crippen LogP contribution in [-0.2, 0) is 76.5 Å². The number of fused-ring (bicyclic) bond motifs is 15. The molecule has 10 aromatic rings. The van der Waals surface area contributed by atoms with Crippen LogP contribution in [0.2, 0.25) is 5.02 Å². The maximum Gasteiger partial charge on any atom is 0.324 e. The van der Waals surface area contributed by atoms with Crippen LogP contribution in [0, 0.1) is 55.6 Å². The Morgan fingerprint density at radius 1 is 0.424 bits per heavy atom. The lowest BCUT2D eigenvalue weighted by molar-refractivity contribution is -0.385. The summed E-state index contributed by atoms with van der Waals surface area (Å²) in [4.78, 5) is 21.5. The Hall–Kier alpha value is -10.7. The lowest BCUT2D eigenvalue weighted by Gasteiger charge is -2.43. The highest BCUT2D eigenvalue weighted by atomic mass is 35.5. The number of nitro groups is 2. The molecule has 125 heavy (non-hydrogen) atoms. The molecule has 15 unspecified atom stereocenters. The van der Waals surface area contributed by atoms with Crippen molar-refractivity contribution in [3.8, 4) is 12.1 Å². The number of furan rings is 1. The molecule has 8 aromatic carbocycles. The number of nitro benzene ring substituents is 1. The van der Waals surface area contributed by atoms with Crippen molar-refractivity contribution < 1.29 is 66.0 Å². The zero-order valence-electron chi connectivity index (χ0n) is 71.6. The van der Waals surface area contributed by atoms with Crippen LogP contribution in [0.15, 0.2) is 192 Å². The number of aryl methyl sites for hydroxylation is 1. The molecule has 27 heteroatoms. The molecule has 0 spiro atoms. The number of hydrogen-bond donors (Lipinski definition) is 5. The van der Waals surface area contributed by atoms with E-state index in [2.05, 4.69) is 187 Å². The zero-order chi connectivity index (χ0) is 87.6. The van der Waals surface area contributed by atoms with Crippen LogP contribution in [0.5, 0.6) is 0 Å². The Balaban J connectivity index is 0.000000115. The lowest BCUT2D eigenvalue weighted by atomic mass is 9.82. The first kappa shape index (κ1) is 87.8. The highest BCUT2D eigenvalue weighted by molar-refractivity contribution is 7.13. The van der Waals surface area contributed by atoms with Crippen molar-refractivity contribution in [3.05, 3.63) is 308 Å². The van der Waals surface area contributed by atoms with Crippen LogP contribution in [-0.4, -0.2) is 106 Å². The summed E-state index contributed by atoms with van der Waals surface area (Å²) in [6, 6.07) is 60.3. The number of anilines is 5. The van der Waals surface area contributed by atoms with Crippen LogP contribution in [0.4, 0.5) is 43.5 Å². The third-order valence-corrected chi connectivity index (χ3v) is 25.6. The number of benzene rings is 8. The minimum Gasteiger partial charge on any atom is -0.467 e. The smallest absolute Gasteiger partial charge is 0.324 e. The minimum absolute atomic E-state index is 0.00160. The summed E-state index contributed by atoms with van der Waals surface area (Å²) in [6.45, 7) is 27.5. The molecule has 15 atom stereocenters. The molecule has 652 valence electrons. The predicted octanol–water partition coefficient (Wildman–Crippen LogP) is 21.1. The van der Waals surface area contributed by atoms with Crippen molar-refractivity contribution in [2.45, 2.75) is 190 Å². The number of nitriles is 2. The zero-order valence-corrected chi connectivity index (χ0v) is 73.2. The molecule has 5 fully saturated rings. The van der Waals surface area contributed by atoms with Gasteiger partial charge in [-0.05, 0) is 134 Å². The molecular weight excluding hydrogens is 1630 g/mol. The number of non-ortho nitro benzene ring substituents is 1. The number of ether oxygens (including phenoxy) is 10. The Bertz CT molecular complexity index is 5620. The van der Waals surface area contributed by atoms with Gasteiger partial charge >= 0.3 is 5.00 Å². The number of rotatable bonds is 9. The molecule has 10 aliphatic rings. The van der Waals surface area contributed by atoms with Crippen LogP contribution in [0.1, 0.15) is 212 Å². The Morgan fingerprint density at radius 2 is 0.800 bits per heavy atom. The Labute approximate surface area is 736 Å². The second kappa shape index (κ2) is 37.5. The summed E-state index contributed by atoms with van der Waals surface area (Å²) in [5.41, 5.74) is 21.0. The Morgan fingerprint density at radius 3 is 1.19 bits per heavy atom. The van der Waals surface area contributed by atoms with Crippen LogP contribution in [0.25, 0.3) is 0 Å². The molecule has 0 aliphatic carbocycles. The number of halogens is 2. The average Bonchev–Trinajstić information content (AvgIpc) is 1.68. The van der Waals surface area contributed by atoms with Crippen molar-refractivity contribution in [3.63, 3.8) is 0 Å². The molecule has 12 heterocycles. The van der Waals surface area contributed by atoms with Crippen molar-refractivity contribution >= 4 is 62.1 Å². The molecular formula is C98H105ClFN9O15S. The molecule has 2 aromatic heterocycles. The second-order valence-corrected chi connectivity index (χ2v) is 37.1. The van der Waals surface area contributed by atoms with E-state index in [1.807, 2.05) is 60.0 Å². The summed E-state index contributed by atoms with van der Waals surface area (Å²) in [7, 11) is 0. The number of nitrogens with one attached hydrogen (secondary N) is 5. The van der Waals surface area contributed by atoms with Crippen molar-refractivity contribution in [2.24, 2.45) is 0 Å². The summed E-state index contributed by atoms with van der Waals surface area (Å²) in [5.74, 6) is 0.467. The fourth-order valence-electron chi connectivity index (χ4n) is 18.1. The van der Waals surface area contributed by atoms with E-state index in [0.717, 1.165) is 90.0 Å². The maximum atomic E-state index is 14.5. The number of nitrogens with zero attached hydrogens (tertiary/aromatic N) is 4. The second-order valence-electron chi connectivity index (χ2n) is 35.8. The van der Waals surface area contributed by atoms with Gasteiger partial charge in [-0.15, -0.1) is 0 Å². The van der Waals surface area contributed by atoms with Gasteiger partial charge in [-0.25, -0.2) is 4.39 Å². The van der Waals surface area contributed by atoms with Gasteiger partial charge in [0.05, 0.1) is 131 Å². The molecule has 0 amide bonds. The largest absolute Gasteiger partial charge is 0.467 e. The first-order chi connectivity index (χ1) is 60.2. The van der Waals surface area contributed by atoms with Crippen molar-refractivity contribution in [1.29, 1.82) is 10.5 Å². The summed E-state index contributed by atoms with van der Waals surface area (Å²) in [5, 5.41) is 60.0. The molecule has 24 nitrogen and oxygen atoms in total. The summed E-state index contributed by atoms with van der Waals surface area (Å²) >= 11 is 7.42. The van der Waals surface area contributed by atoms with Crippen LogP contribution < -0.4 is 26.6 Å². The normalized spacial score (nSPS) is 25.2. The van der Waals surface area contributed by atoms with E-state index in [-0.39, 0.29) is 122 Å². The summed E-state index contributed by atoms with van der Waals surface area (Å²) in [6.07, 6.45) is 0.566. The fraction of sp³-hybridized carbons (Fsp3) is 0.408. The van der Waals surface area contributed by atoms with E-state index in [0.29, 0.717) is 89.5 Å². The number of hydrogen-bond acceptors (Lipinski definition) is 23. The van der Waals surface area contributed by atoms with E-state index >= 15 is 0 Å². The van der Waals surface area contributed by atoms with Gasteiger partial charge in [0.2, 0.25) is 0 Å². The van der Waals surface area contributed by atoms with Gasteiger partial charge in [-0.2, -0.15) is 10.5 Å². The van der Waals surface area contributed by atoms with Crippen molar-refractivity contribution in [1.82, 2.24) is 0 Å². The van der Waals surface area contributed by atoms with E-state index in [1.54, 1.807) is 36.6 Å². The van der Waals surface area contributed by atoms with Gasteiger partial charge in [0, 0.05) is 90.4 Å². The van der Waals surface area contributed by atoms with Gasteiger partial charge < -0.3 is 78.4 Å². The quantitative estimate of drug-likeness (QED) is 0.0662. The monoisotopic (exact) mass is 1730 g/mol. The first-order valence-electron chi connectivity index (χ1n) is 42.6. The van der Waals surface area contributed by atoms with Gasteiger partial charge in [-0.3, -0.25) is 20.2 Å². The number of thiophene rings is 1. The van der Waals surface area contributed by atoms with E-state index in [4.69, 9.17) is 73.9 Å². The van der Waals surface area contributed by atoms with Gasteiger partial charge in [0.15, 0.2) is 0 Å². The third kappa shape index (κ3) is 19.1. The van der Waals surface area contributed by atoms with Crippen LogP contribution >= 0.6 is 22.9 Å². The first-order valence-corrected chi connectivity index (χ1v) is 43.9. The molecule has 0 bridgehead atoms. The summed E-state index contributed by atoms with van der Waals surface area (Å²) < 4.78 is 80.6.